The van der Waals surface area contributed by atoms with E-state index >= 15 is 0 Å². The van der Waals surface area contributed by atoms with Gasteiger partial charge in [0.15, 0.2) is 0 Å². The summed E-state index contributed by atoms with van der Waals surface area (Å²) in [5.41, 5.74) is 5.00. The van der Waals surface area contributed by atoms with E-state index in [1.54, 1.807) is 16.9 Å². The largest absolute Gasteiger partial charge is 0.279 e. The fourth-order valence-electron chi connectivity index (χ4n) is 1.98. The van der Waals surface area contributed by atoms with Crippen molar-refractivity contribution in [1.82, 2.24) is 9.78 Å². The molecule has 2 aromatic carbocycles. The average Bonchev–Trinajstić information content (AvgIpc) is 2.81. The van der Waals surface area contributed by atoms with Crippen LogP contribution in [0.4, 0.5) is 10.1 Å². The molecule has 5 heteroatoms. The number of hydrazone groups is 1. The fraction of sp³-hybridized carbons (Fsp3) is 0.0667. The molecular weight excluding hydrogens is 255 g/mol. The molecule has 0 unspecified atom stereocenters. The number of para-hydroxylation sites is 1. The zero-order valence-corrected chi connectivity index (χ0v) is 10.9. The molecule has 20 heavy (non-hydrogen) atoms. The number of hydrogen-bond donors (Lipinski definition) is 1. The molecule has 0 amide bonds. The van der Waals surface area contributed by atoms with Crippen molar-refractivity contribution in [2.24, 2.45) is 12.1 Å². The van der Waals surface area contributed by atoms with Crippen LogP contribution in [0.1, 0.15) is 5.56 Å². The van der Waals surface area contributed by atoms with Crippen molar-refractivity contribution >= 4 is 22.8 Å². The fourth-order valence-corrected chi connectivity index (χ4v) is 1.98. The van der Waals surface area contributed by atoms with Gasteiger partial charge < -0.3 is 0 Å². The molecule has 0 spiro atoms. The molecule has 0 aliphatic rings. The van der Waals surface area contributed by atoms with Gasteiger partial charge in [0.1, 0.15) is 5.82 Å². The minimum Gasteiger partial charge on any atom is -0.279 e. The number of aryl methyl sites for hydroxylation is 1. The number of fused-ring (bicyclic) bond motifs is 1. The van der Waals surface area contributed by atoms with Gasteiger partial charge in [-0.1, -0.05) is 18.2 Å². The van der Waals surface area contributed by atoms with Crippen LogP contribution >= 0.6 is 0 Å². The number of benzene rings is 2. The summed E-state index contributed by atoms with van der Waals surface area (Å²) in [5, 5.41) is 8.92. The van der Waals surface area contributed by atoms with Gasteiger partial charge in [-0.3, -0.25) is 10.1 Å². The summed E-state index contributed by atoms with van der Waals surface area (Å²) in [7, 11) is 1.82. The van der Waals surface area contributed by atoms with E-state index in [-0.39, 0.29) is 5.82 Å². The normalized spacial score (nSPS) is 11.3. The maximum absolute atomic E-state index is 13.9. The molecule has 3 rings (SSSR count). The van der Waals surface area contributed by atoms with Crippen LogP contribution in [0.25, 0.3) is 10.9 Å². The van der Waals surface area contributed by atoms with E-state index in [0.29, 0.717) is 5.56 Å². The summed E-state index contributed by atoms with van der Waals surface area (Å²) in [6.45, 7) is 0. The van der Waals surface area contributed by atoms with Crippen LogP contribution in [0.5, 0.6) is 0 Å². The monoisotopic (exact) mass is 268 g/mol. The van der Waals surface area contributed by atoms with Gasteiger partial charge in [0.2, 0.25) is 0 Å². The zero-order chi connectivity index (χ0) is 13.9. The number of halogens is 1. The standard InChI is InChI=1S/C15H13FN4/c1-20-15-8-11(14(16)7-12(15)10-18-20)9-17-19-13-5-3-2-4-6-13/h2-10,19H,1H3. The molecule has 0 aliphatic carbocycles. The van der Waals surface area contributed by atoms with Crippen LogP contribution in [-0.4, -0.2) is 16.0 Å². The lowest BCUT2D eigenvalue weighted by molar-refractivity contribution is 0.627. The minimum absolute atomic E-state index is 0.316. The number of nitrogens with one attached hydrogen (secondary N) is 1. The first-order chi connectivity index (χ1) is 9.74. The van der Waals surface area contributed by atoms with E-state index in [9.17, 15) is 4.39 Å². The molecule has 100 valence electrons. The Hall–Kier alpha value is -2.69. The first-order valence-electron chi connectivity index (χ1n) is 6.19. The predicted molar refractivity (Wildman–Crippen MR) is 78.3 cm³/mol. The molecule has 1 aromatic heterocycles. The van der Waals surface area contributed by atoms with E-state index in [1.807, 2.05) is 37.4 Å². The highest BCUT2D eigenvalue weighted by Crippen LogP contribution is 2.17. The van der Waals surface area contributed by atoms with Crippen molar-refractivity contribution in [2.45, 2.75) is 0 Å². The summed E-state index contributed by atoms with van der Waals surface area (Å²) < 4.78 is 15.6. The zero-order valence-electron chi connectivity index (χ0n) is 10.9. The molecular formula is C15H13FN4. The highest BCUT2D eigenvalue weighted by molar-refractivity contribution is 5.89. The van der Waals surface area contributed by atoms with E-state index < -0.39 is 0 Å². The molecule has 3 aromatic rings. The van der Waals surface area contributed by atoms with E-state index in [0.717, 1.165) is 16.6 Å². The maximum Gasteiger partial charge on any atom is 0.132 e. The van der Waals surface area contributed by atoms with Gasteiger partial charge in [-0.05, 0) is 24.3 Å². The van der Waals surface area contributed by atoms with Crippen LogP contribution in [0.15, 0.2) is 53.8 Å². The Morgan fingerprint density at radius 1 is 1.25 bits per heavy atom. The highest BCUT2D eigenvalue weighted by Gasteiger charge is 2.06. The Balaban J connectivity index is 1.86. The lowest BCUT2D eigenvalue weighted by Crippen LogP contribution is -1.95. The molecule has 0 aliphatic heterocycles. The van der Waals surface area contributed by atoms with Gasteiger partial charge in [0, 0.05) is 18.0 Å². The van der Waals surface area contributed by atoms with Crippen LogP contribution in [-0.2, 0) is 7.05 Å². The van der Waals surface area contributed by atoms with Crippen LogP contribution in [0, 0.1) is 5.82 Å². The lowest BCUT2D eigenvalue weighted by atomic mass is 10.1. The third-order valence-electron chi connectivity index (χ3n) is 3.04. The van der Waals surface area contributed by atoms with Crippen LogP contribution in [0.3, 0.4) is 0 Å². The minimum atomic E-state index is -0.316. The van der Waals surface area contributed by atoms with Gasteiger partial charge in [0.05, 0.1) is 23.6 Å². The van der Waals surface area contributed by atoms with Crippen molar-refractivity contribution in [2.75, 3.05) is 5.43 Å². The molecule has 0 saturated carbocycles. The third kappa shape index (κ3) is 2.38. The van der Waals surface area contributed by atoms with Crippen LogP contribution < -0.4 is 5.43 Å². The summed E-state index contributed by atoms with van der Waals surface area (Å²) in [6.07, 6.45) is 3.11. The summed E-state index contributed by atoms with van der Waals surface area (Å²) in [5.74, 6) is -0.316. The van der Waals surface area contributed by atoms with E-state index in [2.05, 4.69) is 15.6 Å². The maximum atomic E-state index is 13.9. The van der Waals surface area contributed by atoms with Gasteiger partial charge in [-0.2, -0.15) is 10.2 Å². The topological polar surface area (TPSA) is 42.2 Å². The average molecular weight is 268 g/mol. The molecule has 1 N–H and O–H groups in total. The first kappa shape index (κ1) is 12.3. The second kappa shape index (κ2) is 5.13. The Bertz CT molecular complexity index is 762. The Labute approximate surface area is 115 Å². The molecule has 4 nitrogen and oxygen atoms in total. The van der Waals surface area contributed by atoms with Crippen molar-refractivity contribution in [3.05, 3.63) is 60.0 Å². The summed E-state index contributed by atoms with van der Waals surface area (Å²) in [4.78, 5) is 0. The molecule has 0 saturated heterocycles. The summed E-state index contributed by atoms with van der Waals surface area (Å²) >= 11 is 0. The third-order valence-corrected chi connectivity index (χ3v) is 3.04. The summed E-state index contributed by atoms with van der Waals surface area (Å²) in [6, 6.07) is 12.7. The number of anilines is 1. The first-order valence-corrected chi connectivity index (χ1v) is 6.19. The Kier molecular flexibility index (Phi) is 3.16. The number of aromatic nitrogens is 2. The molecule has 0 fully saturated rings. The van der Waals surface area contributed by atoms with E-state index in [1.165, 1.54) is 12.3 Å². The quantitative estimate of drug-likeness (QED) is 0.585. The Morgan fingerprint density at radius 2 is 2.05 bits per heavy atom. The SMILES string of the molecule is Cn1ncc2cc(F)c(C=NNc3ccccc3)cc21. The van der Waals surface area contributed by atoms with Gasteiger partial charge in [0.25, 0.3) is 0 Å². The molecule has 1 heterocycles. The second-order valence-corrected chi connectivity index (χ2v) is 4.44. The highest BCUT2D eigenvalue weighted by atomic mass is 19.1. The molecule has 0 bridgehead atoms. The number of nitrogens with zero attached hydrogens (tertiary/aromatic N) is 3. The predicted octanol–water partition coefficient (Wildman–Crippen LogP) is 3.16. The van der Waals surface area contributed by atoms with Crippen molar-refractivity contribution in [3.63, 3.8) is 0 Å². The van der Waals surface area contributed by atoms with Crippen LogP contribution in [0.2, 0.25) is 0 Å². The van der Waals surface area contributed by atoms with Gasteiger partial charge in [-0.15, -0.1) is 0 Å². The van der Waals surface area contributed by atoms with Crippen molar-refractivity contribution in [3.8, 4) is 0 Å². The van der Waals surface area contributed by atoms with E-state index in [4.69, 9.17) is 0 Å². The smallest absolute Gasteiger partial charge is 0.132 e. The number of rotatable bonds is 3. The van der Waals surface area contributed by atoms with Crippen molar-refractivity contribution < 1.29 is 4.39 Å². The van der Waals surface area contributed by atoms with Gasteiger partial charge in [-0.25, -0.2) is 4.39 Å². The molecule has 0 atom stereocenters. The number of hydrogen-bond acceptors (Lipinski definition) is 3. The molecule has 0 radical (unpaired) electrons. The lowest BCUT2D eigenvalue weighted by Gasteiger charge is -2.01. The Morgan fingerprint density at radius 3 is 2.85 bits per heavy atom. The van der Waals surface area contributed by atoms with Crippen molar-refractivity contribution in [1.29, 1.82) is 0 Å². The second-order valence-electron chi connectivity index (χ2n) is 4.44. The van der Waals surface area contributed by atoms with Gasteiger partial charge >= 0.3 is 0 Å².